The first-order valence-electron chi connectivity index (χ1n) is 6.48. The van der Waals surface area contributed by atoms with E-state index in [1.165, 1.54) is 0 Å². The van der Waals surface area contributed by atoms with Gasteiger partial charge in [-0.25, -0.2) is 0 Å². The molecule has 1 amide bonds. The molecule has 2 aromatic carbocycles. The second-order valence-electron chi connectivity index (χ2n) is 4.33. The molecule has 0 heterocycles. The molecule has 0 aliphatic carbocycles. The number of rotatable bonds is 4. The highest BCUT2D eigenvalue weighted by Gasteiger charge is 2.09. The first kappa shape index (κ1) is 14.4. The lowest BCUT2D eigenvalue weighted by molar-refractivity contribution is 0.102. The van der Waals surface area contributed by atoms with Crippen molar-refractivity contribution < 1.29 is 9.53 Å². The van der Waals surface area contributed by atoms with Crippen LogP contribution < -0.4 is 15.8 Å². The number of nitrogens with zero attached hydrogens (tertiary/aromatic N) is 1. The lowest BCUT2D eigenvalue weighted by Crippen LogP contribution is -2.12. The molecule has 0 fully saturated rings. The quantitative estimate of drug-likeness (QED) is 0.843. The monoisotopic (exact) mass is 281 g/mol. The van der Waals surface area contributed by atoms with Crippen LogP contribution in [0, 0.1) is 11.3 Å². The SMILES string of the molecule is CCOc1ccc(C(=O)Nc2cccc(C#N)c2)cc1N. The zero-order valence-electron chi connectivity index (χ0n) is 11.6. The van der Waals surface area contributed by atoms with Crippen molar-refractivity contribution in [3.63, 3.8) is 0 Å². The Labute approximate surface area is 123 Å². The number of amides is 1. The van der Waals surface area contributed by atoms with Crippen LogP contribution in [0.5, 0.6) is 5.75 Å². The smallest absolute Gasteiger partial charge is 0.255 e. The van der Waals surface area contributed by atoms with E-state index in [2.05, 4.69) is 5.32 Å². The summed E-state index contributed by atoms with van der Waals surface area (Å²) in [6, 6.07) is 13.6. The Morgan fingerprint density at radius 2 is 2.14 bits per heavy atom. The number of hydrogen-bond donors (Lipinski definition) is 2. The summed E-state index contributed by atoms with van der Waals surface area (Å²) in [6.45, 7) is 2.37. The molecule has 0 unspecified atom stereocenters. The van der Waals surface area contributed by atoms with Gasteiger partial charge in [0.2, 0.25) is 0 Å². The minimum absolute atomic E-state index is 0.292. The number of carbonyl (C=O) groups excluding carboxylic acids is 1. The molecular weight excluding hydrogens is 266 g/mol. The topological polar surface area (TPSA) is 88.1 Å². The van der Waals surface area contributed by atoms with Crippen LogP contribution in [0.4, 0.5) is 11.4 Å². The molecule has 0 radical (unpaired) electrons. The molecule has 0 aliphatic rings. The van der Waals surface area contributed by atoms with E-state index in [-0.39, 0.29) is 5.91 Å². The van der Waals surface area contributed by atoms with Crippen LogP contribution in [-0.2, 0) is 0 Å². The maximum atomic E-state index is 12.1. The van der Waals surface area contributed by atoms with Crippen molar-refractivity contribution >= 4 is 17.3 Å². The van der Waals surface area contributed by atoms with E-state index in [4.69, 9.17) is 15.7 Å². The van der Waals surface area contributed by atoms with E-state index in [0.717, 1.165) is 0 Å². The van der Waals surface area contributed by atoms with E-state index in [1.807, 2.05) is 13.0 Å². The Balaban J connectivity index is 2.16. The van der Waals surface area contributed by atoms with Crippen LogP contribution in [0.15, 0.2) is 42.5 Å². The molecule has 106 valence electrons. The number of hydrogen-bond acceptors (Lipinski definition) is 4. The Morgan fingerprint density at radius 1 is 1.33 bits per heavy atom. The second-order valence-corrected chi connectivity index (χ2v) is 4.33. The summed E-state index contributed by atoms with van der Waals surface area (Å²) in [5, 5.41) is 11.6. The van der Waals surface area contributed by atoms with Crippen molar-refractivity contribution in [2.75, 3.05) is 17.7 Å². The van der Waals surface area contributed by atoms with Crippen LogP contribution in [0.25, 0.3) is 0 Å². The molecule has 5 heteroatoms. The van der Waals surface area contributed by atoms with Crippen molar-refractivity contribution in [1.82, 2.24) is 0 Å². The van der Waals surface area contributed by atoms with Gasteiger partial charge in [0.1, 0.15) is 5.75 Å². The molecule has 0 aromatic heterocycles. The highest BCUT2D eigenvalue weighted by molar-refractivity contribution is 6.05. The molecule has 21 heavy (non-hydrogen) atoms. The molecule has 0 saturated carbocycles. The van der Waals surface area contributed by atoms with E-state index in [9.17, 15) is 4.79 Å². The fourth-order valence-corrected chi connectivity index (χ4v) is 1.85. The van der Waals surface area contributed by atoms with Crippen molar-refractivity contribution in [2.45, 2.75) is 6.92 Å². The number of nitrogen functional groups attached to an aromatic ring is 1. The number of anilines is 2. The summed E-state index contributed by atoms with van der Waals surface area (Å²) in [5.74, 6) is 0.264. The Hall–Kier alpha value is -3.00. The predicted molar refractivity (Wildman–Crippen MR) is 81.1 cm³/mol. The number of benzene rings is 2. The third-order valence-corrected chi connectivity index (χ3v) is 2.82. The molecule has 0 aliphatic heterocycles. The second kappa shape index (κ2) is 6.44. The average Bonchev–Trinajstić information content (AvgIpc) is 2.49. The third kappa shape index (κ3) is 3.51. The highest BCUT2D eigenvalue weighted by atomic mass is 16.5. The fourth-order valence-electron chi connectivity index (χ4n) is 1.85. The minimum Gasteiger partial charge on any atom is -0.492 e. The highest BCUT2D eigenvalue weighted by Crippen LogP contribution is 2.23. The molecule has 2 rings (SSSR count). The van der Waals surface area contributed by atoms with E-state index in [0.29, 0.717) is 34.9 Å². The maximum absolute atomic E-state index is 12.1. The van der Waals surface area contributed by atoms with Crippen LogP contribution in [0.3, 0.4) is 0 Å². The van der Waals surface area contributed by atoms with Gasteiger partial charge in [0, 0.05) is 11.3 Å². The lowest BCUT2D eigenvalue weighted by Gasteiger charge is -2.09. The summed E-state index contributed by atoms with van der Waals surface area (Å²) in [6.07, 6.45) is 0. The standard InChI is InChI=1S/C16H15N3O2/c1-2-21-15-7-6-12(9-14(15)18)16(20)19-13-5-3-4-11(8-13)10-17/h3-9H,2,18H2,1H3,(H,19,20). The van der Waals surface area contributed by atoms with Gasteiger partial charge in [-0.1, -0.05) is 6.07 Å². The summed E-state index contributed by atoms with van der Waals surface area (Å²) in [7, 11) is 0. The molecule has 5 nitrogen and oxygen atoms in total. The summed E-state index contributed by atoms with van der Waals surface area (Å²) < 4.78 is 5.33. The molecule has 2 aromatic rings. The van der Waals surface area contributed by atoms with Gasteiger partial charge in [-0.2, -0.15) is 5.26 Å². The number of ether oxygens (including phenoxy) is 1. The summed E-state index contributed by atoms with van der Waals surface area (Å²) >= 11 is 0. The Kier molecular flexibility index (Phi) is 4.42. The molecule has 0 atom stereocenters. The average molecular weight is 281 g/mol. The zero-order chi connectivity index (χ0) is 15.2. The fraction of sp³-hybridized carbons (Fsp3) is 0.125. The van der Waals surface area contributed by atoms with Gasteiger partial charge < -0.3 is 15.8 Å². The third-order valence-electron chi connectivity index (χ3n) is 2.82. The number of nitrogens with one attached hydrogen (secondary N) is 1. The minimum atomic E-state index is -0.292. The van der Waals surface area contributed by atoms with Crippen molar-refractivity contribution in [2.24, 2.45) is 0 Å². The first-order valence-corrected chi connectivity index (χ1v) is 6.48. The van der Waals surface area contributed by atoms with E-state index in [1.54, 1.807) is 42.5 Å². The van der Waals surface area contributed by atoms with Gasteiger partial charge in [0.15, 0.2) is 0 Å². The van der Waals surface area contributed by atoms with Gasteiger partial charge >= 0.3 is 0 Å². The number of nitriles is 1. The normalized spacial score (nSPS) is 9.71. The first-order chi connectivity index (χ1) is 10.1. The van der Waals surface area contributed by atoms with E-state index >= 15 is 0 Å². The van der Waals surface area contributed by atoms with Crippen molar-refractivity contribution in [3.8, 4) is 11.8 Å². The van der Waals surface area contributed by atoms with E-state index < -0.39 is 0 Å². The zero-order valence-corrected chi connectivity index (χ0v) is 11.6. The van der Waals surface area contributed by atoms with Gasteiger partial charge in [0.25, 0.3) is 5.91 Å². The Bertz CT molecular complexity index is 705. The van der Waals surface area contributed by atoms with Crippen molar-refractivity contribution in [1.29, 1.82) is 5.26 Å². The Morgan fingerprint density at radius 3 is 2.81 bits per heavy atom. The summed E-state index contributed by atoms with van der Waals surface area (Å²) in [5.41, 5.74) is 7.72. The van der Waals surface area contributed by atoms with Crippen LogP contribution >= 0.6 is 0 Å². The van der Waals surface area contributed by atoms with Crippen LogP contribution in [0.1, 0.15) is 22.8 Å². The lowest BCUT2D eigenvalue weighted by atomic mass is 10.1. The van der Waals surface area contributed by atoms with Gasteiger partial charge in [-0.05, 0) is 43.3 Å². The molecule has 0 saturated heterocycles. The largest absolute Gasteiger partial charge is 0.492 e. The molecule has 0 bridgehead atoms. The predicted octanol–water partition coefficient (Wildman–Crippen LogP) is 2.79. The number of nitrogens with two attached hydrogens (primary N) is 1. The summed E-state index contributed by atoms with van der Waals surface area (Å²) in [4.78, 5) is 12.1. The molecule has 0 spiro atoms. The van der Waals surface area contributed by atoms with Crippen molar-refractivity contribution in [3.05, 3.63) is 53.6 Å². The van der Waals surface area contributed by atoms with Crippen LogP contribution in [0.2, 0.25) is 0 Å². The van der Waals surface area contributed by atoms with Gasteiger partial charge in [-0.15, -0.1) is 0 Å². The van der Waals surface area contributed by atoms with Gasteiger partial charge in [-0.3, -0.25) is 4.79 Å². The maximum Gasteiger partial charge on any atom is 0.255 e. The number of carbonyl (C=O) groups is 1. The molecule has 3 N–H and O–H groups in total. The van der Waals surface area contributed by atoms with Crippen LogP contribution in [-0.4, -0.2) is 12.5 Å². The molecular formula is C16H15N3O2. The van der Waals surface area contributed by atoms with Gasteiger partial charge in [0.05, 0.1) is 23.9 Å².